The molecule has 2 fully saturated rings. The Morgan fingerprint density at radius 2 is 1.34 bits per heavy atom. The average molecular weight is 391 g/mol. The van der Waals surface area contributed by atoms with Gasteiger partial charge in [0.15, 0.2) is 0 Å². The quantitative estimate of drug-likeness (QED) is 0.463. The van der Waals surface area contributed by atoms with Gasteiger partial charge >= 0.3 is 0 Å². The molecule has 0 radical (unpaired) electrons. The van der Waals surface area contributed by atoms with Crippen LogP contribution in [0.1, 0.15) is 88.2 Å². The van der Waals surface area contributed by atoms with Crippen LogP contribution in [0.25, 0.3) is 0 Å². The zero-order chi connectivity index (χ0) is 19.9. The lowest BCUT2D eigenvalue weighted by Crippen LogP contribution is -2.25. The van der Waals surface area contributed by atoms with Crippen molar-refractivity contribution in [1.29, 1.82) is 0 Å². The van der Waals surface area contributed by atoms with Crippen LogP contribution in [0.3, 0.4) is 0 Å². The molecular formula is C28H38O. The van der Waals surface area contributed by atoms with Crippen molar-refractivity contribution >= 4 is 0 Å². The highest BCUT2D eigenvalue weighted by atomic mass is 16.5. The molecule has 0 aromatic heterocycles. The third-order valence-corrected chi connectivity index (χ3v) is 7.63. The molecule has 0 amide bonds. The molecule has 2 aromatic rings. The van der Waals surface area contributed by atoms with Gasteiger partial charge in [0.1, 0.15) is 12.4 Å². The Morgan fingerprint density at radius 3 is 1.97 bits per heavy atom. The predicted molar refractivity (Wildman–Crippen MR) is 122 cm³/mol. The summed E-state index contributed by atoms with van der Waals surface area (Å²) in [6.07, 6.45) is 14.5. The molecule has 0 unspecified atom stereocenters. The zero-order valence-electron chi connectivity index (χ0n) is 18.2. The maximum absolute atomic E-state index is 5.96. The lowest BCUT2D eigenvalue weighted by molar-refractivity contribution is 0.156. The summed E-state index contributed by atoms with van der Waals surface area (Å²) in [5, 5.41) is 0. The smallest absolute Gasteiger partial charge is 0.119 e. The molecule has 2 aliphatic carbocycles. The van der Waals surface area contributed by atoms with E-state index in [2.05, 4.69) is 55.5 Å². The number of benzene rings is 2. The summed E-state index contributed by atoms with van der Waals surface area (Å²) in [5.41, 5.74) is 2.74. The Morgan fingerprint density at radius 1 is 0.724 bits per heavy atom. The highest BCUT2D eigenvalue weighted by molar-refractivity contribution is 5.30. The van der Waals surface area contributed by atoms with Gasteiger partial charge in [-0.3, -0.25) is 0 Å². The number of hydrogen-bond acceptors (Lipinski definition) is 1. The molecule has 0 N–H and O–H groups in total. The summed E-state index contributed by atoms with van der Waals surface area (Å²) in [6, 6.07) is 19.3. The minimum Gasteiger partial charge on any atom is -0.489 e. The third-order valence-electron chi connectivity index (χ3n) is 7.63. The molecule has 0 spiro atoms. The Labute approximate surface area is 177 Å². The van der Waals surface area contributed by atoms with Crippen LogP contribution in [0, 0.1) is 17.8 Å². The van der Waals surface area contributed by atoms with Crippen molar-refractivity contribution < 1.29 is 4.74 Å². The molecule has 4 rings (SSSR count). The second-order valence-corrected chi connectivity index (χ2v) is 9.52. The summed E-state index contributed by atoms with van der Waals surface area (Å²) in [5.74, 6) is 4.80. The molecule has 2 saturated carbocycles. The second-order valence-electron chi connectivity index (χ2n) is 9.52. The number of ether oxygens (including phenoxy) is 1. The first-order valence-corrected chi connectivity index (χ1v) is 12.1. The molecule has 0 aliphatic heterocycles. The molecule has 0 heterocycles. The van der Waals surface area contributed by atoms with Gasteiger partial charge in [0.25, 0.3) is 0 Å². The van der Waals surface area contributed by atoms with E-state index in [1.54, 1.807) is 0 Å². The van der Waals surface area contributed by atoms with Gasteiger partial charge in [-0.1, -0.05) is 75.1 Å². The van der Waals surface area contributed by atoms with E-state index in [1.165, 1.54) is 75.3 Å². The molecule has 1 heteroatoms. The molecule has 2 aliphatic rings. The van der Waals surface area contributed by atoms with Gasteiger partial charge in [-0.05, 0) is 85.5 Å². The highest BCUT2D eigenvalue weighted by Gasteiger charge is 2.31. The van der Waals surface area contributed by atoms with Crippen LogP contribution in [0.15, 0.2) is 54.6 Å². The van der Waals surface area contributed by atoms with E-state index in [-0.39, 0.29) is 0 Å². The molecular weight excluding hydrogens is 352 g/mol. The summed E-state index contributed by atoms with van der Waals surface area (Å²) in [7, 11) is 0. The highest BCUT2D eigenvalue weighted by Crippen LogP contribution is 2.44. The lowest BCUT2D eigenvalue weighted by atomic mass is 9.68. The Kier molecular flexibility index (Phi) is 7.30. The van der Waals surface area contributed by atoms with Gasteiger partial charge in [0.05, 0.1) is 0 Å². The topological polar surface area (TPSA) is 9.23 Å². The van der Waals surface area contributed by atoms with E-state index in [0.717, 1.165) is 29.4 Å². The van der Waals surface area contributed by atoms with Gasteiger partial charge in [0, 0.05) is 0 Å². The minimum atomic E-state index is 0.645. The van der Waals surface area contributed by atoms with Gasteiger partial charge in [0.2, 0.25) is 0 Å². The van der Waals surface area contributed by atoms with Crippen molar-refractivity contribution in [1.82, 2.24) is 0 Å². The van der Waals surface area contributed by atoms with Crippen molar-refractivity contribution in [3.8, 4) is 5.75 Å². The second kappa shape index (κ2) is 10.3. The van der Waals surface area contributed by atoms with Crippen LogP contribution in [0.4, 0.5) is 0 Å². The first-order valence-electron chi connectivity index (χ1n) is 12.1. The van der Waals surface area contributed by atoms with Crippen molar-refractivity contribution in [2.45, 2.75) is 83.7 Å². The van der Waals surface area contributed by atoms with E-state index in [4.69, 9.17) is 4.74 Å². The Balaban J connectivity index is 1.22. The van der Waals surface area contributed by atoms with Gasteiger partial charge < -0.3 is 4.74 Å². The molecule has 29 heavy (non-hydrogen) atoms. The number of rotatable bonds is 7. The molecule has 0 atom stereocenters. The summed E-state index contributed by atoms with van der Waals surface area (Å²) < 4.78 is 5.96. The lowest BCUT2D eigenvalue weighted by Gasteiger charge is -2.38. The van der Waals surface area contributed by atoms with Crippen molar-refractivity contribution in [2.24, 2.45) is 17.8 Å². The fourth-order valence-corrected chi connectivity index (χ4v) is 5.86. The Bertz CT molecular complexity index is 704. The molecule has 1 nitrogen and oxygen atoms in total. The van der Waals surface area contributed by atoms with Crippen LogP contribution in [-0.2, 0) is 6.61 Å². The van der Waals surface area contributed by atoms with Crippen molar-refractivity contribution in [3.63, 3.8) is 0 Å². The van der Waals surface area contributed by atoms with E-state index in [9.17, 15) is 0 Å². The summed E-state index contributed by atoms with van der Waals surface area (Å²) in [6.45, 7) is 2.99. The first kappa shape index (κ1) is 20.5. The largest absolute Gasteiger partial charge is 0.489 e. The molecule has 0 bridgehead atoms. The normalized spacial score (nSPS) is 27.5. The standard InChI is InChI=1S/C28H38O/c1-2-6-22-9-11-24(12-10-22)25-13-15-26(16-14-25)27-17-19-28(20-18-27)29-21-23-7-4-3-5-8-23/h3-5,7-8,17-20,22,24-26H,2,6,9-16,21H2,1H3. The average Bonchev–Trinajstić information content (AvgIpc) is 2.80. The molecule has 156 valence electrons. The zero-order valence-corrected chi connectivity index (χ0v) is 18.2. The molecule has 0 saturated heterocycles. The van der Waals surface area contributed by atoms with Gasteiger partial charge in [-0.15, -0.1) is 0 Å². The number of hydrogen-bond donors (Lipinski definition) is 0. The van der Waals surface area contributed by atoms with Gasteiger partial charge in [-0.25, -0.2) is 0 Å². The van der Waals surface area contributed by atoms with Gasteiger partial charge in [-0.2, -0.15) is 0 Å². The maximum Gasteiger partial charge on any atom is 0.119 e. The molecule has 2 aromatic carbocycles. The summed E-state index contributed by atoms with van der Waals surface area (Å²) in [4.78, 5) is 0. The Hall–Kier alpha value is -1.76. The maximum atomic E-state index is 5.96. The van der Waals surface area contributed by atoms with Crippen LogP contribution in [-0.4, -0.2) is 0 Å². The van der Waals surface area contributed by atoms with Crippen LogP contribution in [0.2, 0.25) is 0 Å². The van der Waals surface area contributed by atoms with E-state index >= 15 is 0 Å². The van der Waals surface area contributed by atoms with E-state index in [0.29, 0.717) is 6.61 Å². The van der Waals surface area contributed by atoms with Crippen molar-refractivity contribution in [3.05, 3.63) is 65.7 Å². The summed E-state index contributed by atoms with van der Waals surface area (Å²) >= 11 is 0. The predicted octanol–water partition coefficient (Wildman–Crippen LogP) is 8.15. The third kappa shape index (κ3) is 5.65. The SMILES string of the molecule is CCCC1CCC(C2CCC(c3ccc(OCc4ccccc4)cc3)CC2)CC1. The fraction of sp³-hybridized carbons (Fsp3) is 0.571. The first-order chi connectivity index (χ1) is 14.3. The fourth-order valence-electron chi connectivity index (χ4n) is 5.86. The van der Waals surface area contributed by atoms with Crippen LogP contribution in [0.5, 0.6) is 5.75 Å². The van der Waals surface area contributed by atoms with Crippen molar-refractivity contribution in [2.75, 3.05) is 0 Å². The van der Waals surface area contributed by atoms with Crippen LogP contribution >= 0.6 is 0 Å². The minimum absolute atomic E-state index is 0.645. The van der Waals surface area contributed by atoms with E-state index in [1.807, 2.05) is 6.07 Å². The van der Waals surface area contributed by atoms with E-state index < -0.39 is 0 Å². The monoisotopic (exact) mass is 390 g/mol. The van der Waals surface area contributed by atoms with Crippen LogP contribution < -0.4 is 4.74 Å².